The van der Waals surface area contributed by atoms with Crippen LogP contribution in [0, 0.1) is 0 Å². The van der Waals surface area contributed by atoms with Crippen LogP contribution >= 0.6 is 0 Å². The summed E-state index contributed by atoms with van der Waals surface area (Å²) in [5, 5.41) is 2.80. The summed E-state index contributed by atoms with van der Waals surface area (Å²) in [4.78, 5) is 23.6. The highest BCUT2D eigenvalue weighted by atomic mass is 16.5. The first-order chi connectivity index (χ1) is 9.60. The molecule has 1 saturated carbocycles. The molecule has 1 N–H and O–H groups in total. The molecule has 0 spiro atoms. The number of esters is 1. The number of hydrogen-bond acceptors (Lipinski definition) is 4. The molecule has 1 aromatic carbocycles. The van der Waals surface area contributed by atoms with E-state index in [4.69, 9.17) is 9.47 Å². The predicted molar refractivity (Wildman–Crippen MR) is 73.7 cm³/mol. The Balaban J connectivity index is 1.87. The summed E-state index contributed by atoms with van der Waals surface area (Å²) >= 11 is 0. The third-order valence-electron chi connectivity index (χ3n) is 2.98. The van der Waals surface area contributed by atoms with Gasteiger partial charge in [0.15, 0.2) is 6.10 Å². The van der Waals surface area contributed by atoms with Crippen LogP contribution in [0.15, 0.2) is 24.3 Å². The fourth-order valence-corrected chi connectivity index (χ4v) is 1.68. The van der Waals surface area contributed by atoms with Gasteiger partial charge in [0.2, 0.25) is 0 Å². The average molecular weight is 277 g/mol. The van der Waals surface area contributed by atoms with Crippen LogP contribution in [0.2, 0.25) is 0 Å². The number of rotatable bonds is 6. The maximum Gasteiger partial charge on any atom is 0.338 e. The molecule has 0 radical (unpaired) electrons. The van der Waals surface area contributed by atoms with Crippen molar-refractivity contribution in [2.45, 2.75) is 38.8 Å². The van der Waals surface area contributed by atoms with Gasteiger partial charge in [-0.25, -0.2) is 4.79 Å². The Kier molecular flexibility index (Phi) is 4.61. The molecule has 0 heterocycles. The summed E-state index contributed by atoms with van der Waals surface area (Å²) in [6.07, 6.45) is 1.23. The van der Waals surface area contributed by atoms with Crippen molar-refractivity contribution < 1.29 is 19.1 Å². The summed E-state index contributed by atoms with van der Waals surface area (Å²) in [6.45, 7) is 4.04. The Morgan fingerprint density at radius 3 is 2.50 bits per heavy atom. The quantitative estimate of drug-likeness (QED) is 0.807. The lowest BCUT2D eigenvalue weighted by molar-refractivity contribution is -0.129. The Morgan fingerprint density at radius 2 is 1.95 bits per heavy atom. The Labute approximate surface area is 118 Å². The third-order valence-corrected chi connectivity index (χ3v) is 2.98. The first kappa shape index (κ1) is 14.4. The lowest BCUT2D eigenvalue weighted by Gasteiger charge is -2.13. The molecule has 5 heteroatoms. The van der Waals surface area contributed by atoms with Gasteiger partial charge in [0.05, 0.1) is 12.2 Å². The number of carbonyl (C=O) groups excluding carboxylic acids is 2. The van der Waals surface area contributed by atoms with Gasteiger partial charge >= 0.3 is 5.97 Å². The van der Waals surface area contributed by atoms with Gasteiger partial charge < -0.3 is 14.8 Å². The van der Waals surface area contributed by atoms with Gasteiger partial charge in [-0.3, -0.25) is 4.79 Å². The second-order valence-corrected chi connectivity index (χ2v) is 4.79. The molecule has 2 rings (SSSR count). The second kappa shape index (κ2) is 6.41. The van der Waals surface area contributed by atoms with Crippen LogP contribution in [-0.2, 0) is 9.53 Å². The molecule has 1 aromatic rings. The van der Waals surface area contributed by atoms with E-state index < -0.39 is 12.1 Å². The minimum absolute atomic E-state index is 0.244. The molecule has 1 amide bonds. The molecule has 108 valence electrons. The molecule has 20 heavy (non-hydrogen) atoms. The zero-order chi connectivity index (χ0) is 14.5. The highest BCUT2D eigenvalue weighted by Crippen LogP contribution is 2.19. The van der Waals surface area contributed by atoms with Crippen molar-refractivity contribution >= 4 is 11.9 Å². The zero-order valence-corrected chi connectivity index (χ0v) is 11.7. The van der Waals surface area contributed by atoms with E-state index in [1.807, 2.05) is 6.92 Å². The van der Waals surface area contributed by atoms with E-state index in [1.165, 1.54) is 0 Å². The number of ether oxygens (including phenoxy) is 2. The summed E-state index contributed by atoms with van der Waals surface area (Å²) in [7, 11) is 0. The number of amides is 1. The van der Waals surface area contributed by atoms with Crippen LogP contribution in [0.5, 0.6) is 5.75 Å². The van der Waals surface area contributed by atoms with Crippen LogP contribution in [0.4, 0.5) is 0 Å². The summed E-state index contributed by atoms with van der Waals surface area (Å²) in [5.41, 5.74) is 0.402. The number of benzene rings is 1. The van der Waals surface area contributed by atoms with Crippen molar-refractivity contribution in [2.75, 3.05) is 6.61 Å². The maximum absolute atomic E-state index is 11.9. The highest BCUT2D eigenvalue weighted by Gasteiger charge is 2.27. The second-order valence-electron chi connectivity index (χ2n) is 4.79. The third kappa shape index (κ3) is 3.98. The van der Waals surface area contributed by atoms with Crippen molar-refractivity contribution in [3.8, 4) is 5.75 Å². The topological polar surface area (TPSA) is 64.6 Å². The maximum atomic E-state index is 11.9. The van der Waals surface area contributed by atoms with Gasteiger partial charge in [-0.05, 0) is 51.0 Å². The molecule has 0 saturated heterocycles. The van der Waals surface area contributed by atoms with Gasteiger partial charge in [0.1, 0.15) is 5.75 Å². The molecular weight excluding hydrogens is 258 g/mol. The Hall–Kier alpha value is -2.04. The van der Waals surface area contributed by atoms with E-state index in [-0.39, 0.29) is 11.9 Å². The van der Waals surface area contributed by atoms with Gasteiger partial charge in [0.25, 0.3) is 5.91 Å². The molecule has 0 aliphatic heterocycles. The van der Waals surface area contributed by atoms with Crippen LogP contribution in [-0.4, -0.2) is 30.6 Å². The summed E-state index contributed by atoms with van der Waals surface area (Å²) < 4.78 is 10.4. The fourth-order valence-electron chi connectivity index (χ4n) is 1.68. The minimum atomic E-state index is -0.783. The summed E-state index contributed by atoms with van der Waals surface area (Å²) in [6, 6.07) is 6.91. The van der Waals surface area contributed by atoms with Crippen LogP contribution in [0.25, 0.3) is 0 Å². The largest absolute Gasteiger partial charge is 0.494 e. The van der Waals surface area contributed by atoms with E-state index in [1.54, 1.807) is 31.2 Å². The minimum Gasteiger partial charge on any atom is -0.494 e. The van der Waals surface area contributed by atoms with Gasteiger partial charge in [-0.15, -0.1) is 0 Å². The standard InChI is InChI=1S/C15H19NO4/c1-3-19-13-8-4-11(5-9-13)15(18)20-10(2)14(17)16-12-6-7-12/h4-5,8-10,12H,3,6-7H2,1-2H3,(H,16,17)/t10-/m0/s1. The van der Waals surface area contributed by atoms with E-state index in [0.29, 0.717) is 17.9 Å². The smallest absolute Gasteiger partial charge is 0.338 e. The SMILES string of the molecule is CCOc1ccc(C(=O)O[C@@H](C)C(=O)NC2CC2)cc1. The van der Waals surface area contributed by atoms with Crippen molar-refractivity contribution in [3.63, 3.8) is 0 Å². The van der Waals surface area contributed by atoms with Crippen LogP contribution < -0.4 is 10.1 Å². The summed E-state index contributed by atoms with van der Waals surface area (Å²) in [5.74, 6) is -0.0538. The first-order valence-electron chi connectivity index (χ1n) is 6.84. The molecule has 1 aliphatic carbocycles. The van der Waals surface area contributed by atoms with E-state index in [2.05, 4.69) is 5.32 Å². The number of hydrogen-bond donors (Lipinski definition) is 1. The molecule has 0 unspecified atom stereocenters. The van der Waals surface area contributed by atoms with Crippen molar-refractivity contribution in [2.24, 2.45) is 0 Å². The molecule has 1 fully saturated rings. The van der Waals surface area contributed by atoms with Crippen molar-refractivity contribution in [1.29, 1.82) is 0 Å². The van der Waals surface area contributed by atoms with Crippen LogP contribution in [0.1, 0.15) is 37.0 Å². The Bertz CT molecular complexity index is 479. The molecule has 0 aromatic heterocycles. The molecule has 5 nitrogen and oxygen atoms in total. The van der Waals surface area contributed by atoms with Crippen LogP contribution in [0.3, 0.4) is 0 Å². The first-order valence-corrected chi connectivity index (χ1v) is 6.84. The number of nitrogens with one attached hydrogen (secondary N) is 1. The zero-order valence-electron chi connectivity index (χ0n) is 11.7. The highest BCUT2D eigenvalue weighted by molar-refractivity contribution is 5.92. The molecule has 1 aliphatic rings. The van der Waals surface area contributed by atoms with Gasteiger partial charge in [0, 0.05) is 6.04 Å². The van der Waals surface area contributed by atoms with Gasteiger partial charge in [-0.2, -0.15) is 0 Å². The van der Waals surface area contributed by atoms with E-state index >= 15 is 0 Å². The van der Waals surface area contributed by atoms with Crippen molar-refractivity contribution in [3.05, 3.63) is 29.8 Å². The van der Waals surface area contributed by atoms with E-state index in [9.17, 15) is 9.59 Å². The molecule has 0 bridgehead atoms. The van der Waals surface area contributed by atoms with Gasteiger partial charge in [-0.1, -0.05) is 0 Å². The normalized spacial score (nSPS) is 15.3. The monoisotopic (exact) mass is 277 g/mol. The lowest BCUT2D eigenvalue weighted by atomic mass is 10.2. The fraction of sp³-hybridized carbons (Fsp3) is 0.467. The van der Waals surface area contributed by atoms with E-state index in [0.717, 1.165) is 12.8 Å². The predicted octanol–water partition coefficient (Wildman–Crippen LogP) is 1.91. The Morgan fingerprint density at radius 1 is 1.30 bits per heavy atom. The molecule has 1 atom stereocenters. The average Bonchev–Trinajstić information content (AvgIpc) is 3.23. The lowest BCUT2D eigenvalue weighted by Crippen LogP contribution is -2.37. The number of carbonyl (C=O) groups is 2. The molecular formula is C15H19NO4. The van der Waals surface area contributed by atoms with Crippen molar-refractivity contribution in [1.82, 2.24) is 5.32 Å².